The Morgan fingerprint density at radius 3 is 2.80 bits per heavy atom. The van der Waals surface area contributed by atoms with Crippen molar-refractivity contribution in [1.29, 1.82) is 0 Å². The summed E-state index contributed by atoms with van der Waals surface area (Å²) in [6.07, 6.45) is 1.13. The van der Waals surface area contributed by atoms with Crippen molar-refractivity contribution in [3.63, 3.8) is 0 Å². The van der Waals surface area contributed by atoms with Gasteiger partial charge in [0.15, 0.2) is 5.17 Å². The van der Waals surface area contributed by atoms with Gasteiger partial charge in [0, 0.05) is 11.8 Å². The number of hydrogen-bond donors (Lipinski definition) is 1. The Morgan fingerprint density at radius 2 is 2.10 bits per heavy atom. The van der Waals surface area contributed by atoms with Gasteiger partial charge in [0.05, 0.1) is 24.9 Å². The van der Waals surface area contributed by atoms with Gasteiger partial charge in [-0.2, -0.15) is 0 Å². The maximum absolute atomic E-state index is 5.66. The molecule has 0 radical (unpaired) electrons. The Morgan fingerprint density at radius 1 is 1.30 bits per heavy atom. The van der Waals surface area contributed by atoms with Gasteiger partial charge in [0.2, 0.25) is 0 Å². The molecule has 1 aromatic carbocycles. The largest absolute Gasteiger partial charge is 0.494 e. The molecule has 1 N–H and O–H groups in total. The molecular weight excluding hydrogens is 272 g/mol. The van der Waals surface area contributed by atoms with Gasteiger partial charge < -0.3 is 14.8 Å². The quantitative estimate of drug-likeness (QED) is 0.897. The van der Waals surface area contributed by atoms with E-state index in [4.69, 9.17) is 9.47 Å². The number of nitrogens with one attached hydrogen (secondary N) is 1. The molecule has 110 valence electrons. The second-order valence-corrected chi connectivity index (χ2v) is 5.65. The van der Waals surface area contributed by atoms with Crippen LogP contribution in [-0.2, 0) is 0 Å². The summed E-state index contributed by atoms with van der Waals surface area (Å²) in [5.41, 5.74) is 0.915. The summed E-state index contributed by atoms with van der Waals surface area (Å²) in [4.78, 5) is 4.63. The van der Waals surface area contributed by atoms with Crippen LogP contribution in [0.3, 0.4) is 0 Å². The van der Waals surface area contributed by atoms with Crippen LogP contribution in [0.25, 0.3) is 0 Å². The molecule has 2 rings (SSSR count). The van der Waals surface area contributed by atoms with Gasteiger partial charge in [0.1, 0.15) is 11.5 Å². The zero-order valence-electron chi connectivity index (χ0n) is 12.3. The lowest BCUT2D eigenvalue weighted by molar-refractivity contribution is 0.332. The van der Waals surface area contributed by atoms with Crippen molar-refractivity contribution in [3.8, 4) is 11.5 Å². The fourth-order valence-corrected chi connectivity index (χ4v) is 3.05. The minimum Gasteiger partial charge on any atom is -0.494 e. The van der Waals surface area contributed by atoms with Crippen LogP contribution in [0.2, 0.25) is 0 Å². The molecule has 20 heavy (non-hydrogen) atoms. The van der Waals surface area contributed by atoms with Gasteiger partial charge in [-0.1, -0.05) is 11.8 Å². The molecule has 0 fully saturated rings. The van der Waals surface area contributed by atoms with Crippen molar-refractivity contribution in [2.75, 3.05) is 24.3 Å². The number of ether oxygens (including phenoxy) is 2. The van der Waals surface area contributed by atoms with E-state index < -0.39 is 0 Å². The lowest BCUT2D eigenvalue weighted by atomic mass is 10.2. The Kier molecular flexibility index (Phi) is 5.59. The normalized spacial score (nSPS) is 18.4. The predicted octanol–water partition coefficient (Wildman–Crippen LogP) is 3.78. The van der Waals surface area contributed by atoms with Crippen molar-refractivity contribution >= 4 is 22.6 Å². The molecule has 1 aliphatic rings. The summed E-state index contributed by atoms with van der Waals surface area (Å²) in [6.45, 7) is 7.39. The Labute approximate surface area is 125 Å². The Bertz CT molecular complexity index is 477. The molecule has 1 heterocycles. The van der Waals surface area contributed by atoms with Crippen molar-refractivity contribution in [2.24, 2.45) is 4.99 Å². The van der Waals surface area contributed by atoms with Gasteiger partial charge in [-0.3, -0.25) is 4.99 Å². The topological polar surface area (TPSA) is 42.9 Å². The maximum atomic E-state index is 5.66. The number of benzene rings is 1. The second kappa shape index (κ2) is 7.43. The molecule has 0 spiro atoms. The van der Waals surface area contributed by atoms with E-state index >= 15 is 0 Å². The summed E-state index contributed by atoms with van der Waals surface area (Å²) in [7, 11) is 0. The number of nitrogens with zero attached hydrogens (tertiary/aromatic N) is 1. The highest BCUT2D eigenvalue weighted by Gasteiger charge is 2.14. The molecule has 1 unspecified atom stereocenters. The minimum absolute atomic E-state index is 0.379. The van der Waals surface area contributed by atoms with Crippen molar-refractivity contribution in [3.05, 3.63) is 18.2 Å². The van der Waals surface area contributed by atoms with Crippen LogP contribution in [-0.4, -0.2) is 30.2 Å². The van der Waals surface area contributed by atoms with E-state index in [-0.39, 0.29) is 0 Å². The molecule has 0 saturated carbocycles. The van der Waals surface area contributed by atoms with Crippen LogP contribution in [0.15, 0.2) is 23.2 Å². The van der Waals surface area contributed by atoms with Gasteiger partial charge in [-0.15, -0.1) is 0 Å². The highest BCUT2D eigenvalue weighted by molar-refractivity contribution is 8.14. The molecule has 0 aromatic heterocycles. The maximum Gasteiger partial charge on any atom is 0.161 e. The number of thioether (sulfide) groups is 1. The molecule has 0 bridgehead atoms. The monoisotopic (exact) mass is 294 g/mol. The fourth-order valence-electron chi connectivity index (χ4n) is 1.96. The third-order valence-corrected chi connectivity index (χ3v) is 3.84. The smallest absolute Gasteiger partial charge is 0.161 e. The molecule has 0 amide bonds. The van der Waals surface area contributed by atoms with Crippen molar-refractivity contribution in [1.82, 2.24) is 0 Å². The molecule has 1 atom stereocenters. The van der Waals surface area contributed by atoms with Crippen LogP contribution in [0.1, 0.15) is 27.2 Å². The van der Waals surface area contributed by atoms with E-state index in [1.165, 1.54) is 0 Å². The van der Waals surface area contributed by atoms with E-state index in [0.29, 0.717) is 19.3 Å². The van der Waals surface area contributed by atoms with Gasteiger partial charge in [0.25, 0.3) is 0 Å². The minimum atomic E-state index is 0.379. The number of rotatable bonds is 5. The van der Waals surface area contributed by atoms with Crippen LogP contribution >= 0.6 is 11.8 Å². The summed E-state index contributed by atoms with van der Waals surface area (Å²) in [5, 5.41) is 4.33. The molecular formula is C15H22N2O2S. The summed E-state index contributed by atoms with van der Waals surface area (Å²) in [5.74, 6) is 2.77. The van der Waals surface area contributed by atoms with Crippen molar-refractivity contribution in [2.45, 2.75) is 33.2 Å². The Balaban J connectivity index is 2.20. The predicted molar refractivity (Wildman–Crippen MR) is 86.4 cm³/mol. The molecule has 1 aliphatic heterocycles. The standard InChI is InChI=1S/C15H22N2O2S/c1-4-18-12-6-7-14(19-5-2)13(10-12)17-15-16-11(3)8-9-20-15/h6-7,10-11H,4-5,8-9H2,1-3H3,(H,16,17). The third-order valence-electron chi connectivity index (χ3n) is 2.92. The fraction of sp³-hybridized carbons (Fsp3) is 0.533. The molecule has 1 aromatic rings. The first kappa shape index (κ1) is 15.0. The first-order valence-corrected chi connectivity index (χ1v) is 8.08. The van der Waals surface area contributed by atoms with Gasteiger partial charge in [-0.25, -0.2) is 0 Å². The summed E-state index contributed by atoms with van der Waals surface area (Å²) >= 11 is 1.75. The number of hydrogen-bond acceptors (Lipinski definition) is 5. The molecule has 4 nitrogen and oxygen atoms in total. The molecule has 5 heteroatoms. The zero-order valence-corrected chi connectivity index (χ0v) is 13.1. The lowest BCUT2D eigenvalue weighted by Gasteiger charge is -2.19. The first-order valence-electron chi connectivity index (χ1n) is 7.10. The summed E-state index contributed by atoms with van der Waals surface area (Å²) in [6, 6.07) is 6.22. The lowest BCUT2D eigenvalue weighted by Crippen LogP contribution is -2.18. The number of aliphatic imine (C=N–C) groups is 1. The van der Waals surface area contributed by atoms with E-state index in [2.05, 4.69) is 17.2 Å². The SMILES string of the molecule is CCOc1ccc(OCC)c(NC2=NC(C)CCS2)c1. The van der Waals surface area contributed by atoms with E-state index in [9.17, 15) is 0 Å². The van der Waals surface area contributed by atoms with E-state index in [1.54, 1.807) is 11.8 Å². The van der Waals surface area contributed by atoms with E-state index in [1.807, 2.05) is 32.0 Å². The summed E-state index contributed by atoms with van der Waals surface area (Å²) < 4.78 is 11.2. The second-order valence-electron chi connectivity index (χ2n) is 4.57. The van der Waals surface area contributed by atoms with E-state index in [0.717, 1.165) is 34.5 Å². The highest BCUT2D eigenvalue weighted by atomic mass is 32.2. The van der Waals surface area contributed by atoms with Crippen LogP contribution in [0, 0.1) is 0 Å². The highest BCUT2D eigenvalue weighted by Crippen LogP contribution is 2.31. The third kappa shape index (κ3) is 4.07. The first-order chi connectivity index (χ1) is 9.72. The van der Waals surface area contributed by atoms with Crippen molar-refractivity contribution < 1.29 is 9.47 Å². The number of amidine groups is 1. The van der Waals surface area contributed by atoms with Gasteiger partial charge in [-0.05, 0) is 39.3 Å². The van der Waals surface area contributed by atoms with Crippen LogP contribution in [0.5, 0.6) is 11.5 Å². The molecule has 0 saturated heterocycles. The zero-order chi connectivity index (χ0) is 14.4. The average molecular weight is 294 g/mol. The van der Waals surface area contributed by atoms with Crippen LogP contribution < -0.4 is 14.8 Å². The Hall–Kier alpha value is -1.36. The molecule has 0 aliphatic carbocycles. The number of anilines is 1. The van der Waals surface area contributed by atoms with Crippen LogP contribution in [0.4, 0.5) is 5.69 Å². The van der Waals surface area contributed by atoms with Gasteiger partial charge >= 0.3 is 0 Å². The average Bonchev–Trinajstić information content (AvgIpc) is 2.42.